The molecule has 0 atom stereocenters. The van der Waals surface area contributed by atoms with E-state index in [0.29, 0.717) is 5.15 Å². The average Bonchev–Trinajstić information content (AvgIpc) is 2.19. The Bertz CT molecular complexity index is 419. The first kappa shape index (κ1) is 9.49. The van der Waals surface area contributed by atoms with Gasteiger partial charge in [0.15, 0.2) is 0 Å². The van der Waals surface area contributed by atoms with Crippen molar-refractivity contribution in [1.29, 1.82) is 0 Å². The lowest BCUT2D eigenvalue weighted by Gasteiger charge is -1.99. The summed E-state index contributed by atoms with van der Waals surface area (Å²) in [6.07, 6.45) is 3.22. The maximum Gasteiger partial charge on any atom is 0.148 e. The molecule has 4 heteroatoms. The largest absolute Gasteiger partial charge is 0.259 e. The molecule has 1 heterocycles. The van der Waals surface area contributed by atoms with Crippen LogP contribution < -0.4 is 0 Å². The van der Waals surface area contributed by atoms with Gasteiger partial charge >= 0.3 is 0 Å². The quantitative estimate of drug-likeness (QED) is 0.780. The molecular formula is C10H7ClN2S. The molecule has 1 aromatic carbocycles. The van der Waals surface area contributed by atoms with Gasteiger partial charge < -0.3 is 0 Å². The molecule has 0 saturated heterocycles. The number of aromatic nitrogens is 2. The van der Waals surface area contributed by atoms with Gasteiger partial charge in [0.2, 0.25) is 0 Å². The summed E-state index contributed by atoms with van der Waals surface area (Å²) in [6.45, 7) is 0. The van der Waals surface area contributed by atoms with Gasteiger partial charge in [-0.1, -0.05) is 41.6 Å². The molecule has 0 amide bonds. The molecule has 0 unspecified atom stereocenters. The van der Waals surface area contributed by atoms with Crippen LogP contribution in [0.25, 0.3) is 0 Å². The van der Waals surface area contributed by atoms with Crippen LogP contribution in [0.1, 0.15) is 0 Å². The van der Waals surface area contributed by atoms with Crippen LogP contribution in [-0.2, 0) is 0 Å². The van der Waals surface area contributed by atoms with Gasteiger partial charge in [-0.15, -0.1) is 0 Å². The molecule has 2 nitrogen and oxygen atoms in total. The van der Waals surface area contributed by atoms with Gasteiger partial charge in [0, 0.05) is 4.90 Å². The number of benzene rings is 1. The van der Waals surface area contributed by atoms with Crippen LogP contribution in [0, 0.1) is 0 Å². The van der Waals surface area contributed by atoms with E-state index in [-0.39, 0.29) is 0 Å². The fraction of sp³-hybridized carbons (Fsp3) is 0. The molecule has 0 aliphatic carbocycles. The van der Waals surface area contributed by atoms with Crippen molar-refractivity contribution in [2.75, 3.05) is 0 Å². The van der Waals surface area contributed by atoms with Crippen molar-refractivity contribution in [3.8, 4) is 0 Å². The maximum absolute atomic E-state index is 5.72. The van der Waals surface area contributed by atoms with E-state index in [9.17, 15) is 0 Å². The van der Waals surface area contributed by atoms with Crippen molar-refractivity contribution in [2.24, 2.45) is 0 Å². The van der Waals surface area contributed by atoms with E-state index in [1.165, 1.54) is 6.20 Å². The molecule has 2 rings (SSSR count). The van der Waals surface area contributed by atoms with Crippen molar-refractivity contribution in [2.45, 2.75) is 9.92 Å². The summed E-state index contributed by atoms with van der Waals surface area (Å²) in [5.74, 6) is 0. The molecule has 1 aromatic heterocycles. The van der Waals surface area contributed by atoms with E-state index < -0.39 is 0 Å². The molecule has 0 N–H and O–H groups in total. The summed E-state index contributed by atoms with van der Waals surface area (Å²) < 4.78 is 0. The predicted molar refractivity (Wildman–Crippen MR) is 57.6 cm³/mol. The van der Waals surface area contributed by atoms with Gasteiger partial charge in [-0.05, 0) is 12.1 Å². The molecule has 0 aliphatic rings. The van der Waals surface area contributed by atoms with Gasteiger partial charge in [-0.2, -0.15) is 0 Å². The van der Waals surface area contributed by atoms with Crippen LogP contribution in [0.4, 0.5) is 0 Å². The minimum atomic E-state index is 0.422. The molecule has 0 bridgehead atoms. The third-order valence-electron chi connectivity index (χ3n) is 1.55. The first-order valence-electron chi connectivity index (χ1n) is 4.05. The number of halogens is 1. The molecule has 0 radical (unpaired) electrons. The molecule has 14 heavy (non-hydrogen) atoms. The van der Waals surface area contributed by atoms with Crippen molar-refractivity contribution < 1.29 is 0 Å². The van der Waals surface area contributed by atoms with E-state index >= 15 is 0 Å². The standard InChI is InChI=1S/C10H7ClN2S/c11-9-6-12-7-10(13-9)14-8-4-2-1-3-5-8/h1-7H. The third-order valence-corrected chi connectivity index (χ3v) is 2.64. The van der Waals surface area contributed by atoms with E-state index in [1.807, 2.05) is 30.3 Å². The van der Waals surface area contributed by atoms with Crippen LogP contribution in [0.15, 0.2) is 52.6 Å². The molecule has 0 spiro atoms. The Labute approximate surface area is 91.4 Å². The first-order valence-corrected chi connectivity index (χ1v) is 5.24. The summed E-state index contributed by atoms with van der Waals surface area (Å²) >= 11 is 7.27. The number of nitrogens with zero attached hydrogens (tertiary/aromatic N) is 2. The van der Waals surface area contributed by atoms with Gasteiger partial charge in [0.1, 0.15) is 10.2 Å². The topological polar surface area (TPSA) is 25.8 Å². The number of hydrogen-bond acceptors (Lipinski definition) is 3. The van der Waals surface area contributed by atoms with Gasteiger partial charge in [0.25, 0.3) is 0 Å². The molecule has 2 aromatic rings. The van der Waals surface area contributed by atoms with Crippen LogP contribution in [-0.4, -0.2) is 9.97 Å². The summed E-state index contributed by atoms with van der Waals surface area (Å²) in [5.41, 5.74) is 0. The molecule has 0 fully saturated rings. The Morgan fingerprint density at radius 2 is 1.86 bits per heavy atom. The average molecular weight is 223 g/mol. The second kappa shape index (κ2) is 4.44. The highest BCUT2D eigenvalue weighted by Crippen LogP contribution is 2.25. The van der Waals surface area contributed by atoms with E-state index in [4.69, 9.17) is 11.6 Å². The molecular weight excluding hydrogens is 216 g/mol. The van der Waals surface area contributed by atoms with Gasteiger partial charge in [-0.25, -0.2) is 4.98 Å². The lowest BCUT2D eigenvalue weighted by molar-refractivity contribution is 1.06. The van der Waals surface area contributed by atoms with Crippen LogP contribution in [0.3, 0.4) is 0 Å². The van der Waals surface area contributed by atoms with E-state index in [2.05, 4.69) is 9.97 Å². The van der Waals surface area contributed by atoms with Crippen LogP contribution >= 0.6 is 23.4 Å². The SMILES string of the molecule is Clc1cncc(Sc2ccccc2)n1. The zero-order valence-corrected chi connectivity index (χ0v) is 8.79. The highest BCUT2D eigenvalue weighted by Gasteiger charge is 1.98. The summed E-state index contributed by atoms with van der Waals surface area (Å²) in [7, 11) is 0. The third kappa shape index (κ3) is 2.47. The van der Waals surface area contributed by atoms with Crippen molar-refractivity contribution in [3.63, 3.8) is 0 Å². The normalized spacial score (nSPS) is 10.1. The maximum atomic E-state index is 5.72. The smallest absolute Gasteiger partial charge is 0.148 e. The second-order valence-corrected chi connectivity index (χ2v) is 4.08. The molecule has 70 valence electrons. The van der Waals surface area contributed by atoms with E-state index in [0.717, 1.165) is 9.92 Å². The highest BCUT2D eigenvalue weighted by molar-refractivity contribution is 7.99. The minimum Gasteiger partial charge on any atom is -0.259 e. The number of hydrogen-bond donors (Lipinski definition) is 0. The predicted octanol–water partition coefficient (Wildman–Crippen LogP) is 3.28. The number of rotatable bonds is 2. The Morgan fingerprint density at radius 1 is 1.07 bits per heavy atom. The zero-order valence-electron chi connectivity index (χ0n) is 7.22. The lowest BCUT2D eigenvalue weighted by atomic mass is 10.4. The Kier molecular flexibility index (Phi) is 3.01. The second-order valence-electron chi connectivity index (χ2n) is 2.60. The summed E-state index contributed by atoms with van der Waals surface area (Å²) in [4.78, 5) is 9.23. The fourth-order valence-corrected chi connectivity index (χ4v) is 1.97. The Hall–Kier alpha value is -1.06. The lowest BCUT2D eigenvalue weighted by Crippen LogP contribution is -1.82. The first-order chi connectivity index (χ1) is 6.84. The Morgan fingerprint density at radius 3 is 2.57 bits per heavy atom. The van der Waals surface area contributed by atoms with Gasteiger partial charge in [-0.3, -0.25) is 4.98 Å². The minimum absolute atomic E-state index is 0.422. The monoisotopic (exact) mass is 222 g/mol. The van der Waals surface area contributed by atoms with Crippen LogP contribution in [0.5, 0.6) is 0 Å². The van der Waals surface area contributed by atoms with Gasteiger partial charge in [0.05, 0.1) is 12.4 Å². The van der Waals surface area contributed by atoms with Crippen molar-refractivity contribution in [1.82, 2.24) is 9.97 Å². The molecule has 0 saturated carbocycles. The Balaban J connectivity index is 2.19. The highest BCUT2D eigenvalue weighted by atomic mass is 35.5. The zero-order chi connectivity index (χ0) is 9.80. The summed E-state index contributed by atoms with van der Waals surface area (Å²) in [5, 5.41) is 1.23. The fourth-order valence-electron chi connectivity index (χ4n) is 0.984. The van der Waals surface area contributed by atoms with E-state index in [1.54, 1.807) is 18.0 Å². The van der Waals surface area contributed by atoms with Crippen LogP contribution in [0.2, 0.25) is 5.15 Å². The van der Waals surface area contributed by atoms with Crippen molar-refractivity contribution >= 4 is 23.4 Å². The summed E-state index contributed by atoms with van der Waals surface area (Å²) in [6, 6.07) is 9.99. The van der Waals surface area contributed by atoms with Crippen molar-refractivity contribution in [3.05, 3.63) is 47.9 Å². The molecule has 0 aliphatic heterocycles.